The van der Waals surface area contributed by atoms with Crippen LogP contribution in [0.2, 0.25) is 0 Å². The van der Waals surface area contributed by atoms with E-state index in [1.807, 2.05) is 12.1 Å². The first-order valence-electron chi connectivity index (χ1n) is 8.69. The molecule has 0 spiro atoms. The topological polar surface area (TPSA) is 58.2 Å². The van der Waals surface area contributed by atoms with Crippen molar-refractivity contribution in [1.82, 2.24) is 10.6 Å². The summed E-state index contributed by atoms with van der Waals surface area (Å²) in [6.07, 6.45) is 2.08. The van der Waals surface area contributed by atoms with Crippen LogP contribution in [0.1, 0.15) is 6.92 Å². The van der Waals surface area contributed by atoms with Gasteiger partial charge in [0.15, 0.2) is 9.84 Å². The molecule has 0 radical (unpaired) electrons. The smallest absolute Gasteiger partial charge is 0.178 e. The second-order valence-electron chi connectivity index (χ2n) is 6.64. The van der Waals surface area contributed by atoms with Gasteiger partial charge in [-0.3, -0.25) is 0 Å². The molecule has 2 aliphatic heterocycles. The van der Waals surface area contributed by atoms with Gasteiger partial charge in [-0.15, -0.1) is 0 Å². The van der Waals surface area contributed by atoms with Crippen LogP contribution in [-0.4, -0.2) is 33.8 Å². The van der Waals surface area contributed by atoms with Gasteiger partial charge in [0.05, 0.1) is 10.6 Å². The van der Waals surface area contributed by atoms with Crippen molar-refractivity contribution in [2.24, 2.45) is 5.92 Å². The summed E-state index contributed by atoms with van der Waals surface area (Å²) < 4.78 is 24.3. The van der Waals surface area contributed by atoms with Gasteiger partial charge in [0.2, 0.25) is 0 Å². The summed E-state index contributed by atoms with van der Waals surface area (Å²) in [6.45, 7) is 4.59. The van der Waals surface area contributed by atoms with Gasteiger partial charge in [-0.25, -0.2) is 8.42 Å². The number of rotatable bonds is 3. The van der Waals surface area contributed by atoms with E-state index in [0.717, 1.165) is 30.8 Å². The molecular formula is C20H22N2O2S. The number of benzene rings is 2. The third-order valence-corrected chi connectivity index (χ3v) is 6.86. The fourth-order valence-electron chi connectivity index (χ4n) is 3.66. The monoisotopic (exact) mass is 354 g/mol. The SMILES string of the molecule is CCS(=O)(=O)c1cccc(-c2ccc3c(c2)=CNCC2CNCC=32)c1. The van der Waals surface area contributed by atoms with Crippen LogP contribution < -0.4 is 21.1 Å². The lowest BCUT2D eigenvalue weighted by atomic mass is 9.98. The molecule has 2 aromatic carbocycles. The molecule has 1 atom stereocenters. The largest absolute Gasteiger partial charge is 0.390 e. The summed E-state index contributed by atoms with van der Waals surface area (Å²) in [5.41, 5.74) is 3.43. The van der Waals surface area contributed by atoms with Crippen LogP contribution in [0.15, 0.2) is 47.4 Å². The Bertz CT molecular complexity index is 1040. The molecule has 4 rings (SSSR count). The highest BCUT2D eigenvalue weighted by Crippen LogP contribution is 2.22. The summed E-state index contributed by atoms with van der Waals surface area (Å²) in [5.74, 6) is 0.659. The molecule has 2 aliphatic rings. The van der Waals surface area contributed by atoms with Crippen LogP contribution in [0.3, 0.4) is 0 Å². The minimum atomic E-state index is -3.20. The minimum absolute atomic E-state index is 0.116. The average Bonchev–Trinajstić information content (AvgIpc) is 3.03. The number of hydrogen-bond donors (Lipinski definition) is 2. The third kappa shape index (κ3) is 2.98. The maximum atomic E-state index is 12.2. The molecule has 1 fully saturated rings. The Balaban J connectivity index is 1.85. The molecule has 5 heteroatoms. The van der Waals surface area contributed by atoms with Gasteiger partial charge in [-0.1, -0.05) is 31.2 Å². The zero-order chi connectivity index (χ0) is 17.4. The average molecular weight is 354 g/mol. The predicted octanol–water partition coefficient (Wildman–Crippen LogP) is 0.859. The lowest BCUT2D eigenvalue weighted by Crippen LogP contribution is -2.28. The molecule has 4 nitrogen and oxygen atoms in total. The highest BCUT2D eigenvalue weighted by atomic mass is 32.2. The van der Waals surface area contributed by atoms with Crippen LogP contribution >= 0.6 is 0 Å². The van der Waals surface area contributed by atoms with E-state index in [2.05, 4.69) is 35.0 Å². The second-order valence-corrected chi connectivity index (χ2v) is 8.92. The Hall–Kier alpha value is -2.11. The first kappa shape index (κ1) is 16.4. The Morgan fingerprint density at radius 2 is 1.92 bits per heavy atom. The summed E-state index contributed by atoms with van der Waals surface area (Å²) in [4.78, 5) is 0.388. The van der Waals surface area contributed by atoms with Crippen molar-refractivity contribution in [1.29, 1.82) is 0 Å². The van der Waals surface area contributed by atoms with E-state index < -0.39 is 9.84 Å². The Kier molecular flexibility index (Phi) is 4.13. The normalized spacial score (nSPS) is 19.4. The van der Waals surface area contributed by atoms with Crippen molar-refractivity contribution >= 4 is 21.6 Å². The molecule has 0 saturated carbocycles. The maximum Gasteiger partial charge on any atom is 0.178 e. The van der Waals surface area contributed by atoms with Gasteiger partial charge in [0.1, 0.15) is 0 Å². The quantitative estimate of drug-likeness (QED) is 0.858. The first-order valence-corrected chi connectivity index (χ1v) is 10.3. The van der Waals surface area contributed by atoms with Crippen LogP contribution in [0.5, 0.6) is 0 Å². The number of hydrogen-bond acceptors (Lipinski definition) is 4. The molecular weight excluding hydrogens is 332 g/mol. The lowest BCUT2D eigenvalue weighted by molar-refractivity contribution is 0.597. The number of fused-ring (bicyclic) bond motifs is 2. The molecule has 130 valence electrons. The van der Waals surface area contributed by atoms with Crippen molar-refractivity contribution in [3.05, 3.63) is 52.9 Å². The Morgan fingerprint density at radius 1 is 1.08 bits per heavy atom. The molecule has 0 amide bonds. The zero-order valence-electron chi connectivity index (χ0n) is 14.2. The molecule has 1 unspecified atom stereocenters. The van der Waals surface area contributed by atoms with Gasteiger partial charge < -0.3 is 10.6 Å². The van der Waals surface area contributed by atoms with Crippen LogP contribution in [0.4, 0.5) is 0 Å². The van der Waals surface area contributed by atoms with E-state index in [9.17, 15) is 8.42 Å². The molecule has 0 aromatic heterocycles. The molecule has 2 aromatic rings. The third-order valence-electron chi connectivity index (χ3n) is 5.12. The molecule has 25 heavy (non-hydrogen) atoms. The Labute approximate surface area is 148 Å². The van der Waals surface area contributed by atoms with Crippen LogP contribution in [-0.2, 0) is 9.84 Å². The van der Waals surface area contributed by atoms with E-state index in [1.54, 1.807) is 19.1 Å². The fourth-order valence-corrected chi connectivity index (χ4v) is 4.59. The summed E-state index contributed by atoms with van der Waals surface area (Å²) >= 11 is 0. The lowest BCUT2D eigenvalue weighted by Gasteiger charge is -2.08. The zero-order valence-corrected chi connectivity index (χ0v) is 15.1. The van der Waals surface area contributed by atoms with E-state index in [4.69, 9.17) is 0 Å². The second kappa shape index (κ2) is 6.32. The number of sulfone groups is 1. The standard InChI is InChI=1S/C20H22N2O2S/c1-2-25(23,24)18-5-3-4-14(9-18)15-6-7-19-16(8-15)10-21-11-17-12-22-13-20(17)19/h3-10,17,21-22H,2,11-13H2,1H3. The molecule has 0 bridgehead atoms. The van der Waals surface area contributed by atoms with Crippen molar-refractivity contribution in [2.75, 3.05) is 25.4 Å². The highest BCUT2D eigenvalue weighted by Gasteiger charge is 2.22. The summed E-state index contributed by atoms with van der Waals surface area (Å²) in [6, 6.07) is 13.6. The van der Waals surface area contributed by atoms with E-state index in [0.29, 0.717) is 10.8 Å². The Morgan fingerprint density at radius 3 is 2.76 bits per heavy atom. The predicted molar refractivity (Wildman–Crippen MR) is 101 cm³/mol. The fraction of sp³-hybridized carbons (Fsp3) is 0.300. The van der Waals surface area contributed by atoms with Crippen LogP contribution in [0.25, 0.3) is 22.9 Å². The minimum Gasteiger partial charge on any atom is -0.390 e. The molecule has 2 N–H and O–H groups in total. The maximum absolute atomic E-state index is 12.2. The van der Waals surface area contributed by atoms with Gasteiger partial charge in [0.25, 0.3) is 0 Å². The summed E-state index contributed by atoms with van der Waals surface area (Å²) in [5, 5.41) is 9.33. The van der Waals surface area contributed by atoms with Crippen LogP contribution in [0, 0.1) is 5.92 Å². The number of nitrogens with one attached hydrogen (secondary N) is 2. The molecule has 1 saturated heterocycles. The van der Waals surface area contributed by atoms with Gasteiger partial charge in [-0.05, 0) is 45.3 Å². The van der Waals surface area contributed by atoms with E-state index in [1.165, 1.54) is 16.0 Å². The van der Waals surface area contributed by atoms with Crippen molar-refractivity contribution in [3.63, 3.8) is 0 Å². The van der Waals surface area contributed by atoms with Gasteiger partial charge in [0, 0.05) is 31.8 Å². The van der Waals surface area contributed by atoms with Crippen molar-refractivity contribution in [2.45, 2.75) is 11.8 Å². The molecule has 0 aliphatic carbocycles. The van der Waals surface area contributed by atoms with Gasteiger partial charge >= 0.3 is 0 Å². The molecule has 2 heterocycles. The van der Waals surface area contributed by atoms with E-state index in [-0.39, 0.29) is 5.75 Å². The first-order chi connectivity index (χ1) is 12.1. The van der Waals surface area contributed by atoms with E-state index >= 15 is 0 Å². The van der Waals surface area contributed by atoms with Crippen molar-refractivity contribution in [3.8, 4) is 11.1 Å². The van der Waals surface area contributed by atoms with Crippen molar-refractivity contribution < 1.29 is 8.42 Å². The van der Waals surface area contributed by atoms with Gasteiger partial charge in [-0.2, -0.15) is 0 Å². The highest BCUT2D eigenvalue weighted by molar-refractivity contribution is 7.91. The summed E-state index contributed by atoms with van der Waals surface area (Å²) in [7, 11) is -3.20.